The summed E-state index contributed by atoms with van der Waals surface area (Å²) < 4.78 is 44.7. The summed E-state index contributed by atoms with van der Waals surface area (Å²) in [5.74, 6) is 1.47. The Morgan fingerprint density at radius 2 is 1.61 bits per heavy atom. The summed E-state index contributed by atoms with van der Waals surface area (Å²) in [4.78, 5) is 14.9. The summed E-state index contributed by atoms with van der Waals surface area (Å²) in [6, 6.07) is 10.9. The smallest absolute Gasteiger partial charge is 0.257 e. The first-order chi connectivity index (χ1) is 15.8. The molecule has 1 atom stereocenters. The monoisotopic (exact) mass is 476 g/mol. The van der Waals surface area contributed by atoms with Crippen LogP contribution < -0.4 is 18.9 Å². The average Bonchev–Trinajstić information content (AvgIpc) is 3.11. The molecule has 1 aliphatic rings. The predicted molar refractivity (Wildman–Crippen MR) is 126 cm³/mol. The zero-order valence-corrected chi connectivity index (χ0v) is 20.2. The number of carbonyl (C=O) groups is 1. The number of carbonyl (C=O) groups excluding carboxylic acids is 1. The Labute approximate surface area is 195 Å². The lowest BCUT2D eigenvalue weighted by atomic mass is 10.1. The van der Waals surface area contributed by atoms with Crippen molar-refractivity contribution in [1.29, 1.82) is 0 Å². The highest BCUT2D eigenvalue weighted by Crippen LogP contribution is 2.25. The summed E-state index contributed by atoms with van der Waals surface area (Å²) >= 11 is 0. The third kappa shape index (κ3) is 6.61. The van der Waals surface area contributed by atoms with Gasteiger partial charge in [0.25, 0.3) is 5.91 Å². The Bertz CT molecular complexity index is 1030. The van der Waals surface area contributed by atoms with Gasteiger partial charge in [0.1, 0.15) is 23.9 Å². The van der Waals surface area contributed by atoms with Gasteiger partial charge in [-0.1, -0.05) is 12.8 Å². The van der Waals surface area contributed by atoms with E-state index in [0.717, 1.165) is 25.7 Å². The van der Waals surface area contributed by atoms with E-state index in [9.17, 15) is 13.2 Å². The Morgan fingerprint density at radius 1 is 0.970 bits per heavy atom. The SMILES string of the molecule is COc1ccc(OC[C@@H](C)NS(=O)(=O)c2ccc(OC)c(C(=O)N3CCCCCC3)c2)cc1. The van der Waals surface area contributed by atoms with Crippen molar-refractivity contribution in [1.82, 2.24) is 9.62 Å². The molecule has 0 aromatic heterocycles. The van der Waals surface area contributed by atoms with Crippen molar-refractivity contribution in [3.8, 4) is 17.2 Å². The summed E-state index contributed by atoms with van der Waals surface area (Å²) in [6.07, 6.45) is 4.07. The molecule has 1 amide bonds. The van der Waals surface area contributed by atoms with Gasteiger partial charge in [0.15, 0.2) is 0 Å². The second kappa shape index (κ2) is 11.4. The lowest BCUT2D eigenvalue weighted by Crippen LogP contribution is -2.37. The summed E-state index contributed by atoms with van der Waals surface area (Å²) in [7, 11) is -0.816. The maximum absolute atomic E-state index is 13.1. The fraction of sp³-hybridized carbons (Fsp3) is 0.458. The Balaban J connectivity index is 1.70. The van der Waals surface area contributed by atoms with Crippen LogP contribution in [0.4, 0.5) is 0 Å². The van der Waals surface area contributed by atoms with Crippen molar-refractivity contribution in [2.24, 2.45) is 0 Å². The van der Waals surface area contributed by atoms with Crippen molar-refractivity contribution < 1.29 is 27.4 Å². The molecule has 1 heterocycles. The molecule has 0 saturated carbocycles. The minimum atomic E-state index is -3.87. The third-order valence-corrected chi connectivity index (χ3v) is 7.11. The first-order valence-electron chi connectivity index (χ1n) is 11.1. The van der Waals surface area contributed by atoms with Crippen molar-refractivity contribution >= 4 is 15.9 Å². The number of benzene rings is 2. The number of likely N-dealkylation sites (tertiary alicyclic amines) is 1. The molecule has 1 N–H and O–H groups in total. The topological polar surface area (TPSA) is 94.2 Å². The number of rotatable bonds is 9. The molecule has 2 aromatic carbocycles. The van der Waals surface area contributed by atoms with Gasteiger partial charge in [0.05, 0.1) is 30.7 Å². The Hall–Kier alpha value is -2.78. The molecule has 180 valence electrons. The summed E-state index contributed by atoms with van der Waals surface area (Å²) in [6.45, 7) is 3.18. The molecule has 0 radical (unpaired) electrons. The Kier molecular flexibility index (Phi) is 8.57. The predicted octanol–water partition coefficient (Wildman–Crippen LogP) is 3.47. The maximum Gasteiger partial charge on any atom is 0.257 e. The van der Waals surface area contributed by atoms with Crippen LogP contribution in [0.5, 0.6) is 17.2 Å². The summed E-state index contributed by atoms with van der Waals surface area (Å²) in [5.41, 5.74) is 0.254. The van der Waals surface area contributed by atoms with E-state index in [2.05, 4.69) is 4.72 Å². The largest absolute Gasteiger partial charge is 0.497 e. The molecular formula is C24H32N2O6S. The van der Waals surface area contributed by atoms with Crippen molar-refractivity contribution in [2.75, 3.05) is 33.9 Å². The van der Waals surface area contributed by atoms with Crippen LogP contribution in [-0.4, -0.2) is 59.2 Å². The van der Waals surface area contributed by atoms with E-state index in [4.69, 9.17) is 14.2 Å². The zero-order valence-electron chi connectivity index (χ0n) is 19.4. The number of hydrogen-bond donors (Lipinski definition) is 1. The molecule has 2 aromatic rings. The molecule has 0 spiro atoms. The van der Waals surface area contributed by atoms with Gasteiger partial charge in [-0.05, 0) is 62.2 Å². The molecule has 3 rings (SSSR count). The molecule has 9 heteroatoms. The molecule has 8 nitrogen and oxygen atoms in total. The first-order valence-corrected chi connectivity index (χ1v) is 12.6. The molecule has 0 unspecified atom stereocenters. The van der Waals surface area contributed by atoms with Crippen molar-refractivity contribution in [3.05, 3.63) is 48.0 Å². The standard InChI is InChI=1S/C24H32N2O6S/c1-18(17-32-20-10-8-19(30-2)9-11-20)25-33(28,29)21-12-13-23(31-3)22(16-21)24(27)26-14-6-4-5-7-15-26/h8-13,16,18,25H,4-7,14-15,17H2,1-3H3/t18-/m1/s1. The van der Waals surface area contributed by atoms with Gasteiger partial charge in [-0.25, -0.2) is 13.1 Å². The second-order valence-corrected chi connectivity index (χ2v) is 9.79. The van der Waals surface area contributed by atoms with E-state index in [0.29, 0.717) is 30.3 Å². The molecular weight excluding hydrogens is 444 g/mol. The number of ether oxygens (including phenoxy) is 3. The van der Waals surface area contributed by atoms with Crippen LogP contribution in [0, 0.1) is 0 Å². The normalized spacial score (nSPS) is 15.4. The minimum Gasteiger partial charge on any atom is -0.497 e. The van der Waals surface area contributed by atoms with Crippen molar-refractivity contribution in [2.45, 2.75) is 43.5 Å². The molecule has 0 bridgehead atoms. The molecule has 33 heavy (non-hydrogen) atoms. The van der Waals surface area contributed by atoms with Crippen LogP contribution in [-0.2, 0) is 10.0 Å². The second-order valence-electron chi connectivity index (χ2n) is 8.08. The van der Waals surface area contributed by atoms with Gasteiger partial charge in [0, 0.05) is 13.1 Å². The molecule has 1 fully saturated rings. The lowest BCUT2D eigenvalue weighted by molar-refractivity contribution is 0.0758. The van der Waals surface area contributed by atoms with E-state index in [1.54, 1.807) is 43.2 Å². The van der Waals surface area contributed by atoms with E-state index < -0.39 is 16.1 Å². The number of nitrogens with zero attached hydrogens (tertiary/aromatic N) is 1. The van der Waals surface area contributed by atoms with Gasteiger partial charge in [-0.15, -0.1) is 0 Å². The molecule has 1 saturated heterocycles. The van der Waals surface area contributed by atoms with E-state index in [-0.39, 0.29) is 23.0 Å². The Morgan fingerprint density at radius 3 is 2.21 bits per heavy atom. The van der Waals surface area contributed by atoms with Gasteiger partial charge in [0.2, 0.25) is 10.0 Å². The van der Waals surface area contributed by atoms with Crippen LogP contribution in [0.15, 0.2) is 47.4 Å². The van der Waals surface area contributed by atoms with Crippen LogP contribution in [0.2, 0.25) is 0 Å². The number of methoxy groups -OCH3 is 2. The molecule has 0 aliphatic carbocycles. The number of nitrogens with one attached hydrogen (secondary N) is 1. The van der Waals surface area contributed by atoms with Gasteiger partial charge < -0.3 is 19.1 Å². The molecule has 1 aliphatic heterocycles. The average molecular weight is 477 g/mol. The maximum atomic E-state index is 13.1. The van der Waals surface area contributed by atoms with Gasteiger partial charge in [-0.3, -0.25) is 4.79 Å². The van der Waals surface area contributed by atoms with Gasteiger partial charge in [-0.2, -0.15) is 0 Å². The minimum absolute atomic E-state index is 0.0118. The fourth-order valence-electron chi connectivity index (χ4n) is 3.73. The zero-order chi connectivity index (χ0) is 23.8. The quantitative estimate of drug-likeness (QED) is 0.596. The van der Waals surface area contributed by atoms with Crippen LogP contribution in [0.3, 0.4) is 0 Å². The lowest BCUT2D eigenvalue weighted by Gasteiger charge is -2.22. The number of hydrogen-bond acceptors (Lipinski definition) is 6. The van der Waals surface area contributed by atoms with Crippen LogP contribution in [0.1, 0.15) is 43.0 Å². The highest BCUT2D eigenvalue weighted by molar-refractivity contribution is 7.89. The third-order valence-electron chi connectivity index (χ3n) is 5.52. The van der Waals surface area contributed by atoms with Crippen molar-refractivity contribution in [3.63, 3.8) is 0 Å². The first kappa shape index (κ1) is 24.9. The van der Waals surface area contributed by atoms with Crippen LogP contribution in [0.25, 0.3) is 0 Å². The van der Waals surface area contributed by atoms with Crippen LogP contribution >= 0.6 is 0 Å². The summed E-state index contributed by atoms with van der Waals surface area (Å²) in [5, 5.41) is 0. The highest BCUT2D eigenvalue weighted by Gasteiger charge is 2.25. The number of sulfonamides is 1. The van der Waals surface area contributed by atoms with E-state index in [1.165, 1.54) is 25.3 Å². The van der Waals surface area contributed by atoms with Gasteiger partial charge >= 0.3 is 0 Å². The number of amides is 1. The fourth-order valence-corrected chi connectivity index (χ4v) is 4.98. The highest BCUT2D eigenvalue weighted by atomic mass is 32.2. The van der Waals surface area contributed by atoms with E-state index in [1.807, 2.05) is 0 Å². The van der Waals surface area contributed by atoms with E-state index >= 15 is 0 Å².